The van der Waals surface area contributed by atoms with Gasteiger partial charge in [0.25, 0.3) is 0 Å². The number of nitrogens with zero attached hydrogens (tertiary/aromatic N) is 1. The van der Waals surface area contributed by atoms with Crippen LogP contribution >= 0.6 is 23.2 Å². The first-order chi connectivity index (χ1) is 12.4. The first-order valence-electron chi connectivity index (χ1n) is 8.18. The molecule has 2 aromatic rings. The van der Waals surface area contributed by atoms with Crippen LogP contribution in [-0.4, -0.2) is 31.7 Å². The number of sulfonamides is 1. The number of nitrogens with one attached hydrogen (secondary N) is 1. The number of rotatable bonds is 4. The summed E-state index contributed by atoms with van der Waals surface area (Å²) in [6, 6.07) is 12.9. The van der Waals surface area contributed by atoms with Gasteiger partial charge < -0.3 is 5.32 Å². The maximum Gasteiger partial charge on any atom is 0.243 e. The molecule has 26 heavy (non-hydrogen) atoms. The highest BCUT2D eigenvalue weighted by atomic mass is 35.5. The summed E-state index contributed by atoms with van der Waals surface area (Å²) in [5.41, 5.74) is 0.636. The van der Waals surface area contributed by atoms with Crippen molar-refractivity contribution in [3.8, 4) is 0 Å². The molecule has 1 aliphatic rings. The largest absolute Gasteiger partial charge is 0.326 e. The Kier molecular flexibility index (Phi) is 5.87. The number of piperidine rings is 1. The number of amides is 1. The predicted molar refractivity (Wildman–Crippen MR) is 103 cm³/mol. The van der Waals surface area contributed by atoms with Gasteiger partial charge in [0, 0.05) is 28.8 Å². The third-order valence-corrected chi connectivity index (χ3v) is 6.70. The van der Waals surface area contributed by atoms with Crippen molar-refractivity contribution in [1.29, 1.82) is 0 Å². The molecule has 3 rings (SSSR count). The van der Waals surface area contributed by atoms with E-state index in [9.17, 15) is 13.2 Å². The highest BCUT2D eigenvalue weighted by Gasteiger charge is 2.33. The maximum atomic E-state index is 12.8. The molecule has 1 atom stereocenters. The van der Waals surface area contributed by atoms with Crippen LogP contribution in [0.3, 0.4) is 0 Å². The second-order valence-electron chi connectivity index (χ2n) is 6.15. The molecule has 1 N–H and O–H groups in total. The summed E-state index contributed by atoms with van der Waals surface area (Å²) in [5.74, 6) is -0.593. The molecule has 0 radical (unpaired) electrons. The lowest BCUT2D eigenvalue weighted by Crippen LogP contribution is -2.43. The third kappa shape index (κ3) is 4.38. The number of carbonyl (C=O) groups is 1. The van der Waals surface area contributed by atoms with Gasteiger partial charge in [-0.25, -0.2) is 8.42 Å². The zero-order chi connectivity index (χ0) is 18.7. The van der Waals surface area contributed by atoms with Gasteiger partial charge in [-0.15, -0.1) is 0 Å². The summed E-state index contributed by atoms with van der Waals surface area (Å²) in [7, 11) is -3.65. The number of hydrogen-bond acceptors (Lipinski definition) is 3. The molecular formula is C18H18Cl2N2O3S. The van der Waals surface area contributed by atoms with Gasteiger partial charge in [0.2, 0.25) is 15.9 Å². The van der Waals surface area contributed by atoms with E-state index >= 15 is 0 Å². The zero-order valence-electron chi connectivity index (χ0n) is 13.9. The van der Waals surface area contributed by atoms with Crippen molar-refractivity contribution in [1.82, 2.24) is 4.31 Å². The summed E-state index contributed by atoms with van der Waals surface area (Å²) in [4.78, 5) is 12.7. The average molecular weight is 413 g/mol. The standard InChI is InChI=1S/C18H18Cl2N2O3S/c19-14-3-7-16(8-4-14)21-18(23)13-2-1-11-22(12-13)26(24,25)17-9-5-15(20)6-10-17/h3-10,13H,1-2,11-12H2,(H,21,23)/t13-/m0/s1. The molecule has 1 heterocycles. The van der Waals surface area contributed by atoms with Gasteiger partial charge >= 0.3 is 0 Å². The van der Waals surface area contributed by atoms with Crippen molar-refractivity contribution in [2.45, 2.75) is 17.7 Å². The van der Waals surface area contributed by atoms with E-state index in [1.807, 2.05) is 0 Å². The van der Waals surface area contributed by atoms with Gasteiger partial charge in [0.1, 0.15) is 0 Å². The molecule has 1 aliphatic heterocycles. The molecule has 1 saturated heterocycles. The predicted octanol–water partition coefficient (Wildman–Crippen LogP) is 4.03. The first-order valence-corrected chi connectivity index (χ1v) is 10.4. The topological polar surface area (TPSA) is 66.5 Å². The van der Waals surface area contributed by atoms with Crippen molar-refractivity contribution in [2.75, 3.05) is 18.4 Å². The van der Waals surface area contributed by atoms with Gasteiger partial charge in [0.05, 0.1) is 10.8 Å². The van der Waals surface area contributed by atoms with E-state index in [2.05, 4.69) is 5.32 Å². The van der Waals surface area contributed by atoms with Crippen molar-refractivity contribution >= 4 is 44.8 Å². The van der Waals surface area contributed by atoms with Crippen molar-refractivity contribution in [3.05, 3.63) is 58.6 Å². The van der Waals surface area contributed by atoms with E-state index in [1.54, 1.807) is 36.4 Å². The highest BCUT2D eigenvalue weighted by Crippen LogP contribution is 2.25. The Morgan fingerprint density at radius 1 is 1.00 bits per heavy atom. The Bertz CT molecular complexity index is 884. The van der Waals surface area contributed by atoms with Gasteiger partial charge in [0.15, 0.2) is 0 Å². The Morgan fingerprint density at radius 2 is 1.58 bits per heavy atom. The molecule has 0 unspecified atom stereocenters. The number of halogens is 2. The lowest BCUT2D eigenvalue weighted by Gasteiger charge is -2.31. The smallest absolute Gasteiger partial charge is 0.243 e. The maximum absolute atomic E-state index is 12.8. The molecular weight excluding hydrogens is 395 g/mol. The molecule has 1 fully saturated rings. The summed E-state index contributed by atoms with van der Waals surface area (Å²) >= 11 is 11.7. The fraction of sp³-hybridized carbons (Fsp3) is 0.278. The minimum atomic E-state index is -3.65. The summed E-state index contributed by atoms with van der Waals surface area (Å²) in [6.07, 6.45) is 1.28. The fourth-order valence-electron chi connectivity index (χ4n) is 2.91. The van der Waals surface area contributed by atoms with Crippen molar-refractivity contribution in [3.63, 3.8) is 0 Å². The molecule has 0 aliphatic carbocycles. The van der Waals surface area contributed by atoms with Crippen LogP contribution in [0, 0.1) is 5.92 Å². The van der Waals surface area contributed by atoms with Crippen LogP contribution in [0.2, 0.25) is 10.0 Å². The van der Waals surface area contributed by atoms with Crippen LogP contribution in [0.15, 0.2) is 53.4 Å². The Morgan fingerprint density at radius 3 is 2.19 bits per heavy atom. The first kappa shape index (κ1) is 19.2. The molecule has 0 aromatic heterocycles. The Hall–Kier alpha value is -1.60. The minimum absolute atomic E-state index is 0.157. The second-order valence-corrected chi connectivity index (χ2v) is 8.96. The number of anilines is 1. The molecule has 5 nitrogen and oxygen atoms in total. The number of hydrogen-bond donors (Lipinski definition) is 1. The van der Waals surface area contributed by atoms with E-state index in [0.717, 1.165) is 0 Å². The molecule has 1 amide bonds. The Labute approximate surface area is 163 Å². The highest BCUT2D eigenvalue weighted by molar-refractivity contribution is 7.89. The van der Waals surface area contributed by atoms with E-state index in [4.69, 9.17) is 23.2 Å². The summed E-state index contributed by atoms with van der Waals surface area (Å²) in [6.45, 7) is 0.556. The van der Waals surface area contributed by atoms with Gasteiger partial charge in [-0.1, -0.05) is 23.2 Å². The number of benzene rings is 2. The average Bonchev–Trinajstić information content (AvgIpc) is 2.64. The van der Waals surface area contributed by atoms with Gasteiger partial charge in [-0.05, 0) is 61.4 Å². The molecule has 138 valence electrons. The van der Waals surface area contributed by atoms with Gasteiger partial charge in [-0.2, -0.15) is 4.31 Å². The molecule has 0 saturated carbocycles. The molecule has 2 aromatic carbocycles. The number of carbonyl (C=O) groups excluding carboxylic acids is 1. The van der Waals surface area contributed by atoms with Crippen LogP contribution < -0.4 is 5.32 Å². The molecule has 8 heteroatoms. The summed E-state index contributed by atoms with van der Waals surface area (Å²) < 4.78 is 27.0. The Balaban J connectivity index is 1.71. The third-order valence-electron chi connectivity index (χ3n) is 4.32. The van der Waals surface area contributed by atoms with E-state index in [-0.39, 0.29) is 17.3 Å². The quantitative estimate of drug-likeness (QED) is 0.823. The summed E-state index contributed by atoms with van der Waals surface area (Å²) in [5, 5.41) is 3.88. The van der Waals surface area contributed by atoms with Crippen molar-refractivity contribution < 1.29 is 13.2 Å². The van der Waals surface area contributed by atoms with Gasteiger partial charge in [-0.3, -0.25) is 4.79 Å². The molecule has 0 bridgehead atoms. The van der Waals surface area contributed by atoms with E-state index in [1.165, 1.54) is 16.4 Å². The van der Waals surface area contributed by atoms with Crippen molar-refractivity contribution in [2.24, 2.45) is 5.92 Å². The van der Waals surface area contributed by atoms with E-state index in [0.29, 0.717) is 35.1 Å². The fourth-order valence-corrected chi connectivity index (χ4v) is 4.68. The van der Waals surface area contributed by atoms with Crippen LogP contribution in [0.4, 0.5) is 5.69 Å². The lowest BCUT2D eigenvalue weighted by molar-refractivity contribution is -0.120. The zero-order valence-corrected chi connectivity index (χ0v) is 16.2. The molecule has 0 spiro atoms. The van der Waals surface area contributed by atoms with Crippen LogP contribution in [0.25, 0.3) is 0 Å². The van der Waals surface area contributed by atoms with Crippen LogP contribution in [0.5, 0.6) is 0 Å². The normalized spacial score (nSPS) is 18.5. The van der Waals surface area contributed by atoms with E-state index < -0.39 is 15.9 Å². The minimum Gasteiger partial charge on any atom is -0.326 e. The van der Waals surface area contributed by atoms with Crippen LogP contribution in [0.1, 0.15) is 12.8 Å². The second kappa shape index (κ2) is 7.96. The SMILES string of the molecule is O=C(Nc1ccc(Cl)cc1)[C@H]1CCCN(S(=O)(=O)c2ccc(Cl)cc2)C1. The monoisotopic (exact) mass is 412 g/mol. The van der Waals surface area contributed by atoms with Crippen LogP contribution in [-0.2, 0) is 14.8 Å². The lowest BCUT2D eigenvalue weighted by atomic mass is 9.99.